The molecule has 0 aliphatic carbocycles. The van der Waals surface area contributed by atoms with E-state index in [1.54, 1.807) is 0 Å². The van der Waals surface area contributed by atoms with Crippen LogP contribution in [0.2, 0.25) is 0 Å². The molecule has 0 spiro atoms. The normalized spacial score (nSPS) is 11.6. The molecule has 0 saturated heterocycles. The molecule has 1 unspecified atom stereocenters. The fraction of sp³-hybridized carbons (Fsp3) is 0.429. The molecule has 0 aromatic heterocycles. The van der Waals surface area contributed by atoms with E-state index in [1.807, 2.05) is 0 Å². The first-order chi connectivity index (χ1) is 6.61. The highest BCUT2D eigenvalue weighted by Gasteiger charge is 2.16. The molecule has 0 radical (unpaired) electrons. The van der Waals surface area contributed by atoms with Crippen molar-refractivity contribution < 1.29 is 28.2 Å². The van der Waals surface area contributed by atoms with Gasteiger partial charge >= 0.3 is 11.9 Å². The number of carbonyl (C=O) groups excluding carboxylic acids is 2. The molecule has 7 heteroatoms. The minimum atomic E-state index is -1.33. The van der Waals surface area contributed by atoms with Crippen LogP contribution in [-0.4, -0.2) is 34.9 Å². The molecule has 0 fully saturated rings. The molecule has 0 aromatic rings. The third-order valence-electron chi connectivity index (χ3n) is 1.03. The molecule has 0 bridgehead atoms. The Morgan fingerprint density at radius 3 is 2.64 bits per heavy atom. The molecular formula is C7H10O6S. The second kappa shape index (κ2) is 7.36. The van der Waals surface area contributed by atoms with Crippen molar-refractivity contribution in [2.24, 2.45) is 0 Å². The molecule has 1 atom stereocenters. The molecule has 0 amide bonds. The van der Waals surface area contributed by atoms with Crippen molar-refractivity contribution in [1.29, 1.82) is 0 Å². The molecule has 0 rings (SSSR count). The van der Waals surface area contributed by atoms with Crippen molar-refractivity contribution in [2.45, 2.75) is 12.5 Å². The minimum absolute atomic E-state index is 0.0489. The Bertz CT molecular complexity index is 216. The van der Waals surface area contributed by atoms with Gasteiger partial charge in [-0.1, -0.05) is 6.08 Å². The molecule has 0 aliphatic rings. The molecule has 2 N–H and O–H groups in total. The van der Waals surface area contributed by atoms with E-state index in [-0.39, 0.29) is 18.7 Å². The summed E-state index contributed by atoms with van der Waals surface area (Å²) < 4.78 is 8.39. The predicted octanol–water partition coefficient (Wildman–Crippen LogP) is -0.435. The summed E-state index contributed by atoms with van der Waals surface area (Å²) in [6.45, 7) is 2.51. The quantitative estimate of drug-likeness (QED) is 0.465. The highest BCUT2D eigenvalue weighted by atomic mass is 32.2. The lowest BCUT2D eigenvalue weighted by Gasteiger charge is -2.05. The maximum absolute atomic E-state index is 10.8. The lowest BCUT2D eigenvalue weighted by atomic mass is 10.2. The summed E-state index contributed by atoms with van der Waals surface area (Å²) in [6, 6.07) is 0. The molecule has 0 heterocycles. The van der Waals surface area contributed by atoms with Crippen molar-refractivity contribution in [3.8, 4) is 0 Å². The zero-order valence-corrected chi connectivity index (χ0v) is 8.03. The minimum Gasteiger partial charge on any atom is -0.385 e. The topological polar surface area (TPSA) is 93.1 Å². The maximum atomic E-state index is 10.8. The zero-order valence-electron chi connectivity index (χ0n) is 7.21. The van der Waals surface area contributed by atoms with Crippen LogP contribution in [-0.2, 0) is 18.0 Å². The van der Waals surface area contributed by atoms with E-state index in [0.29, 0.717) is 0 Å². The van der Waals surface area contributed by atoms with Crippen LogP contribution >= 0.6 is 12.3 Å². The van der Waals surface area contributed by atoms with Crippen molar-refractivity contribution >= 4 is 24.3 Å². The van der Waals surface area contributed by atoms with Gasteiger partial charge in [-0.3, -0.25) is 0 Å². The van der Waals surface area contributed by atoms with Gasteiger partial charge in [-0.2, -0.15) is 0 Å². The van der Waals surface area contributed by atoms with Gasteiger partial charge in [0.2, 0.25) is 0 Å². The van der Waals surface area contributed by atoms with E-state index >= 15 is 0 Å². The average molecular weight is 222 g/mol. The monoisotopic (exact) mass is 222 g/mol. The van der Waals surface area contributed by atoms with Crippen LogP contribution in [0.4, 0.5) is 0 Å². The summed E-state index contributed by atoms with van der Waals surface area (Å²) in [4.78, 5) is 21.1. The Balaban J connectivity index is 3.63. The van der Waals surface area contributed by atoms with E-state index < -0.39 is 24.6 Å². The second-order valence-corrected chi connectivity index (χ2v) is 2.59. The van der Waals surface area contributed by atoms with Gasteiger partial charge in [-0.05, 0) is 0 Å². The fourth-order valence-corrected chi connectivity index (χ4v) is 0.765. The molecular weight excluding hydrogens is 212 g/mol. The van der Waals surface area contributed by atoms with Gasteiger partial charge in [0.25, 0.3) is 12.3 Å². The smallest absolute Gasteiger partial charge is 0.349 e. The third kappa shape index (κ3) is 5.57. The van der Waals surface area contributed by atoms with E-state index in [9.17, 15) is 9.59 Å². The van der Waals surface area contributed by atoms with Crippen molar-refractivity contribution in [1.82, 2.24) is 0 Å². The summed E-state index contributed by atoms with van der Waals surface area (Å²) in [7, 11) is 0. The van der Waals surface area contributed by atoms with Crippen molar-refractivity contribution in [2.75, 3.05) is 6.61 Å². The number of hydrogen-bond donors (Lipinski definition) is 2. The summed E-state index contributed by atoms with van der Waals surface area (Å²) >= 11 is 0.0948. The van der Waals surface area contributed by atoms with Gasteiger partial charge < -0.3 is 18.6 Å². The van der Waals surface area contributed by atoms with Gasteiger partial charge in [0.1, 0.15) is 6.61 Å². The number of hydrogen-bond acceptors (Lipinski definition) is 7. The standard InChI is InChI=1S/C7H10O6S/c1-2-3-5(9)7(11)13-14-12-6(10)4-8/h2,5,8-9H,1,3-4H2. The van der Waals surface area contributed by atoms with Crippen LogP contribution in [0.15, 0.2) is 12.7 Å². The predicted molar refractivity (Wildman–Crippen MR) is 47.7 cm³/mol. The Kier molecular flexibility index (Phi) is 6.81. The molecule has 0 saturated carbocycles. The summed E-state index contributed by atoms with van der Waals surface area (Å²) in [5.74, 6) is -1.89. The van der Waals surface area contributed by atoms with Gasteiger partial charge in [-0.15, -0.1) is 6.58 Å². The second-order valence-electron chi connectivity index (χ2n) is 2.12. The van der Waals surface area contributed by atoms with Crippen molar-refractivity contribution in [3.63, 3.8) is 0 Å². The average Bonchev–Trinajstić information content (AvgIpc) is 2.17. The summed E-state index contributed by atoms with van der Waals surface area (Å²) in [6.07, 6.45) is 0.0664. The van der Waals surface area contributed by atoms with Crippen LogP contribution < -0.4 is 0 Å². The first-order valence-electron chi connectivity index (χ1n) is 3.59. The highest BCUT2D eigenvalue weighted by Crippen LogP contribution is 2.08. The van der Waals surface area contributed by atoms with Gasteiger partial charge in [0.05, 0.1) is 0 Å². The van der Waals surface area contributed by atoms with Gasteiger partial charge in [0, 0.05) is 6.42 Å². The van der Waals surface area contributed by atoms with Crippen LogP contribution in [0.3, 0.4) is 0 Å². The fourth-order valence-electron chi connectivity index (χ4n) is 0.424. The number of rotatable bonds is 6. The van der Waals surface area contributed by atoms with Crippen LogP contribution in [0.25, 0.3) is 0 Å². The maximum Gasteiger partial charge on any atom is 0.349 e. The lowest BCUT2D eigenvalue weighted by molar-refractivity contribution is -0.143. The zero-order chi connectivity index (χ0) is 11.0. The first kappa shape index (κ1) is 12.9. The summed E-state index contributed by atoms with van der Waals surface area (Å²) in [5.41, 5.74) is 0. The molecule has 0 aliphatic heterocycles. The van der Waals surface area contributed by atoms with Crippen molar-refractivity contribution in [3.05, 3.63) is 12.7 Å². The number of aliphatic hydroxyl groups is 2. The molecule has 6 nitrogen and oxygen atoms in total. The van der Waals surface area contributed by atoms with E-state index in [4.69, 9.17) is 10.2 Å². The Labute approximate surface area is 84.9 Å². The number of aliphatic hydroxyl groups excluding tert-OH is 2. The molecule has 14 heavy (non-hydrogen) atoms. The lowest BCUT2D eigenvalue weighted by Crippen LogP contribution is -2.20. The van der Waals surface area contributed by atoms with E-state index in [1.165, 1.54) is 6.08 Å². The van der Waals surface area contributed by atoms with Crippen LogP contribution in [0.1, 0.15) is 6.42 Å². The van der Waals surface area contributed by atoms with E-state index in [2.05, 4.69) is 14.9 Å². The van der Waals surface area contributed by atoms with Gasteiger partial charge in [0.15, 0.2) is 6.10 Å². The molecule has 80 valence electrons. The SMILES string of the molecule is C=CCC(O)C(=O)OSOC(=O)CO. The molecule has 0 aromatic carbocycles. The van der Waals surface area contributed by atoms with Crippen LogP contribution in [0.5, 0.6) is 0 Å². The van der Waals surface area contributed by atoms with Gasteiger partial charge in [-0.25, -0.2) is 9.59 Å². The Morgan fingerprint density at radius 2 is 2.14 bits per heavy atom. The largest absolute Gasteiger partial charge is 0.385 e. The first-order valence-corrected chi connectivity index (χ1v) is 4.26. The third-order valence-corrected chi connectivity index (χ3v) is 1.52. The summed E-state index contributed by atoms with van der Waals surface area (Å²) in [5, 5.41) is 17.2. The highest BCUT2D eigenvalue weighted by molar-refractivity contribution is 7.90. The van der Waals surface area contributed by atoms with Crippen LogP contribution in [0, 0.1) is 0 Å². The Morgan fingerprint density at radius 1 is 1.50 bits per heavy atom. The van der Waals surface area contributed by atoms with E-state index in [0.717, 1.165) is 0 Å². The Hall–Kier alpha value is -1.05. The number of carbonyl (C=O) groups is 2.